The molecule has 2 aliphatic rings. The normalized spacial score (nSPS) is 20.6. The van der Waals surface area contributed by atoms with Gasteiger partial charge in [-0.3, -0.25) is 0 Å². The number of allylic oxidation sites excluding steroid dienone is 2. The zero-order chi connectivity index (χ0) is 24.8. The van der Waals surface area contributed by atoms with Gasteiger partial charge in [0.15, 0.2) is 9.84 Å². The number of rotatable bonds is 4. The number of esters is 1. The van der Waals surface area contributed by atoms with Gasteiger partial charge in [0.05, 0.1) is 38.5 Å². The summed E-state index contributed by atoms with van der Waals surface area (Å²) in [6.07, 6.45) is 0. The van der Waals surface area contributed by atoms with Gasteiger partial charge in [0, 0.05) is 22.0 Å². The molecule has 4 rings (SSSR count). The maximum atomic E-state index is 15.2. The van der Waals surface area contributed by atoms with Crippen molar-refractivity contribution in [1.29, 1.82) is 0 Å². The van der Waals surface area contributed by atoms with Crippen LogP contribution in [0, 0.1) is 5.82 Å². The smallest absolute Gasteiger partial charge is 0.336 e. The van der Waals surface area contributed by atoms with E-state index in [1.54, 1.807) is 0 Å². The molecule has 2 aliphatic heterocycles. The molecule has 0 saturated carbocycles. The summed E-state index contributed by atoms with van der Waals surface area (Å²) in [7, 11) is -8.69. The Morgan fingerprint density at radius 1 is 1.15 bits per heavy atom. The summed E-state index contributed by atoms with van der Waals surface area (Å²) in [4.78, 5) is 11.6. The first-order valence-electron chi connectivity index (χ1n) is 10.00. The maximum absolute atomic E-state index is 15.2. The number of fused-ring (bicyclic) bond motifs is 1. The first-order chi connectivity index (χ1) is 16.0. The van der Waals surface area contributed by atoms with Crippen molar-refractivity contribution in [2.24, 2.45) is 0 Å². The summed E-state index contributed by atoms with van der Waals surface area (Å²) in [5.41, 5.74) is -0.715. The number of carbonyl (C=O) groups excluding carboxylic acids is 1. The van der Waals surface area contributed by atoms with Gasteiger partial charge >= 0.3 is 5.97 Å². The van der Waals surface area contributed by atoms with Crippen molar-refractivity contribution in [2.75, 3.05) is 19.0 Å². The highest BCUT2D eigenvalue weighted by Gasteiger charge is 2.47. The molecule has 0 bridgehead atoms. The van der Waals surface area contributed by atoms with Gasteiger partial charge in [0.1, 0.15) is 12.4 Å². The fraction of sp³-hybridized carbons (Fsp3) is 0.227. The lowest BCUT2D eigenvalue weighted by Crippen LogP contribution is -2.34. The van der Waals surface area contributed by atoms with Crippen molar-refractivity contribution >= 4 is 37.2 Å². The lowest BCUT2D eigenvalue weighted by molar-refractivity contribution is -0.140. The van der Waals surface area contributed by atoms with E-state index in [4.69, 9.17) is 21.4 Å². The Balaban J connectivity index is 2.09. The van der Waals surface area contributed by atoms with E-state index in [9.17, 15) is 21.6 Å². The quantitative estimate of drug-likeness (QED) is 0.580. The first-order valence-corrected chi connectivity index (χ1v) is 13.5. The molecule has 8 nitrogen and oxygen atoms in total. The molecule has 12 heteroatoms. The van der Waals surface area contributed by atoms with Crippen LogP contribution in [-0.2, 0) is 29.2 Å². The van der Waals surface area contributed by atoms with Crippen molar-refractivity contribution < 1.29 is 35.9 Å². The molecular formula is C22H19ClFNO7S2. The number of ether oxygens (including phenoxy) is 1. The van der Waals surface area contributed by atoms with Crippen molar-refractivity contribution in [1.82, 2.24) is 5.32 Å². The Bertz CT molecular complexity index is 1460. The Morgan fingerprint density at radius 2 is 1.82 bits per heavy atom. The van der Waals surface area contributed by atoms with Crippen LogP contribution in [0.5, 0.6) is 0 Å². The average molecular weight is 528 g/mol. The lowest BCUT2D eigenvalue weighted by atomic mass is 9.86. The van der Waals surface area contributed by atoms with Gasteiger partial charge < -0.3 is 15.2 Å². The van der Waals surface area contributed by atoms with Crippen molar-refractivity contribution in [3.05, 3.63) is 80.7 Å². The second kappa shape index (κ2) is 8.81. The van der Waals surface area contributed by atoms with Gasteiger partial charge in [0.25, 0.3) is 0 Å². The third-order valence-corrected chi connectivity index (χ3v) is 9.67. The average Bonchev–Trinajstić information content (AvgIpc) is 2.82. The zero-order valence-corrected chi connectivity index (χ0v) is 20.1. The molecule has 0 aliphatic carbocycles. The second-order valence-corrected chi connectivity index (χ2v) is 11.9. The van der Waals surface area contributed by atoms with Crippen LogP contribution in [0.1, 0.15) is 18.4 Å². The predicted molar refractivity (Wildman–Crippen MR) is 121 cm³/mol. The van der Waals surface area contributed by atoms with Crippen LogP contribution in [0.25, 0.3) is 0 Å². The van der Waals surface area contributed by atoms with Gasteiger partial charge in [-0.2, -0.15) is 0 Å². The van der Waals surface area contributed by atoms with E-state index in [0.29, 0.717) is 0 Å². The van der Waals surface area contributed by atoms with Gasteiger partial charge in [-0.15, -0.1) is 0 Å². The number of hydrogen-bond donors (Lipinski definition) is 2. The topological polar surface area (TPSA) is 127 Å². The second-order valence-electron chi connectivity index (χ2n) is 7.64. The zero-order valence-electron chi connectivity index (χ0n) is 17.7. The minimum atomic E-state index is -4.57. The maximum Gasteiger partial charge on any atom is 0.336 e. The number of aliphatic hydroxyl groups excluding tert-OH is 1. The number of nitrogens with one attached hydrogen (secondary N) is 1. The summed E-state index contributed by atoms with van der Waals surface area (Å²) in [5, 5.41) is 11.6. The molecule has 34 heavy (non-hydrogen) atoms. The number of hydrogen-bond acceptors (Lipinski definition) is 8. The standard InChI is InChI=1S/C22H19ClFNO7S2/c1-12-18(22(27)32-10-9-26)20(19-13(23)5-4-6-14(19)24)21-15(25-12)11-33(28,29)16-7-2-3-8-17(16)34(21,30)31/h2-8,20,25-26H,9-11H2,1H3. The third kappa shape index (κ3) is 3.92. The molecule has 0 fully saturated rings. The summed E-state index contributed by atoms with van der Waals surface area (Å²) in [6, 6.07) is 8.81. The number of dihydropyridines is 1. The highest BCUT2D eigenvalue weighted by molar-refractivity contribution is 7.97. The Kier molecular flexibility index (Phi) is 6.32. The highest BCUT2D eigenvalue weighted by Crippen LogP contribution is 2.48. The summed E-state index contributed by atoms with van der Waals surface area (Å²) in [5.74, 6) is -4.22. The monoisotopic (exact) mass is 527 g/mol. The molecule has 2 N–H and O–H groups in total. The molecule has 2 aromatic carbocycles. The van der Waals surface area contributed by atoms with Crippen molar-refractivity contribution in [3.63, 3.8) is 0 Å². The summed E-state index contributed by atoms with van der Waals surface area (Å²) >= 11 is 6.30. The van der Waals surface area contributed by atoms with E-state index >= 15 is 4.39 Å². The summed E-state index contributed by atoms with van der Waals surface area (Å²) < 4.78 is 74.2. The SMILES string of the molecule is CC1=C(C(=O)OCCO)C(c2c(F)cccc2Cl)C2=C(CS(=O)(=O)c3ccccc3S2(=O)=O)N1. The molecular weight excluding hydrogens is 509 g/mol. The molecule has 0 radical (unpaired) electrons. The van der Waals surface area contributed by atoms with E-state index in [2.05, 4.69) is 5.32 Å². The van der Waals surface area contributed by atoms with E-state index in [0.717, 1.165) is 12.1 Å². The molecule has 0 saturated heterocycles. The number of benzene rings is 2. The van der Waals surface area contributed by atoms with E-state index in [-0.39, 0.29) is 34.2 Å². The Morgan fingerprint density at radius 3 is 2.47 bits per heavy atom. The largest absolute Gasteiger partial charge is 0.460 e. The molecule has 180 valence electrons. The van der Waals surface area contributed by atoms with Gasteiger partial charge in [0.2, 0.25) is 9.84 Å². The lowest BCUT2D eigenvalue weighted by Gasteiger charge is -2.31. The summed E-state index contributed by atoms with van der Waals surface area (Å²) in [6.45, 7) is 0.538. The van der Waals surface area contributed by atoms with Crippen molar-refractivity contribution in [2.45, 2.75) is 22.6 Å². The van der Waals surface area contributed by atoms with Crippen LogP contribution >= 0.6 is 11.6 Å². The van der Waals surface area contributed by atoms with Gasteiger partial charge in [-0.25, -0.2) is 26.0 Å². The van der Waals surface area contributed by atoms with Gasteiger partial charge in [-0.05, 0) is 31.2 Å². The molecule has 0 amide bonds. The molecule has 0 spiro atoms. The van der Waals surface area contributed by atoms with Crippen LogP contribution < -0.4 is 5.32 Å². The number of aliphatic hydroxyl groups is 1. The van der Waals surface area contributed by atoms with Crippen LogP contribution in [0.15, 0.2) is 74.1 Å². The van der Waals surface area contributed by atoms with Crippen LogP contribution in [0.2, 0.25) is 5.02 Å². The van der Waals surface area contributed by atoms with Gasteiger partial charge in [-0.1, -0.05) is 29.8 Å². The minimum absolute atomic E-state index is 0.0716. The third-order valence-electron chi connectivity index (χ3n) is 5.52. The van der Waals surface area contributed by atoms with E-state index < -0.39 is 64.4 Å². The minimum Gasteiger partial charge on any atom is -0.460 e. The Hall–Kier alpha value is -2.73. The fourth-order valence-corrected chi connectivity index (χ4v) is 8.48. The highest BCUT2D eigenvalue weighted by atomic mass is 35.5. The molecule has 0 aromatic heterocycles. The molecule has 1 unspecified atom stereocenters. The number of halogens is 2. The number of sulfone groups is 2. The van der Waals surface area contributed by atoms with Crippen LogP contribution in [0.3, 0.4) is 0 Å². The molecule has 1 atom stereocenters. The molecule has 2 aromatic rings. The Labute approximate surface area is 200 Å². The van der Waals surface area contributed by atoms with Crippen LogP contribution in [0.4, 0.5) is 4.39 Å². The first kappa shape index (κ1) is 24.4. The number of carbonyl (C=O) groups is 1. The predicted octanol–water partition coefficient (Wildman–Crippen LogP) is 2.45. The molecule has 2 heterocycles. The van der Waals surface area contributed by atoms with E-state index in [1.807, 2.05) is 0 Å². The van der Waals surface area contributed by atoms with E-state index in [1.165, 1.54) is 37.3 Å². The van der Waals surface area contributed by atoms with Crippen LogP contribution in [-0.4, -0.2) is 46.9 Å². The van der Waals surface area contributed by atoms with Crippen molar-refractivity contribution in [3.8, 4) is 0 Å². The fourth-order valence-electron chi connectivity index (χ4n) is 4.17.